The van der Waals surface area contributed by atoms with Crippen molar-refractivity contribution in [3.63, 3.8) is 0 Å². The molecule has 0 aliphatic carbocycles. The first-order valence-electron chi connectivity index (χ1n) is 9.77. The zero-order valence-corrected chi connectivity index (χ0v) is 17.1. The summed E-state index contributed by atoms with van der Waals surface area (Å²) >= 11 is 0. The number of allylic oxidation sites excluding steroid dienone is 1. The largest absolute Gasteiger partial charge is 0.422 e. The summed E-state index contributed by atoms with van der Waals surface area (Å²) in [6.45, 7) is 6.08. The molecule has 0 aliphatic rings. The van der Waals surface area contributed by atoms with Crippen LogP contribution in [0.25, 0.3) is 17.0 Å². The maximum absolute atomic E-state index is 12.4. The summed E-state index contributed by atoms with van der Waals surface area (Å²) in [5, 5.41) is 0.953. The summed E-state index contributed by atoms with van der Waals surface area (Å²) in [5.41, 5.74) is 4.40. The standard InChI is InChI=1S/C24H28N2O2/c1-5-26(6-2)22-15-12-19-16-20(24(27)28-23(19)17-22)9-7-8-18-10-13-21(14-11-18)25(3)4/h7-8,10-17H,5-6,9H2,1-4H3/b8-7+. The maximum atomic E-state index is 12.4. The van der Waals surface area contributed by atoms with Crippen LogP contribution in [-0.2, 0) is 6.42 Å². The summed E-state index contributed by atoms with van der Waals surface area (Å²) in [5.74, 6) is 0. The first-order chi connectivity index (χ1) is 13.5. The number of fused-ring (bicyclic) bond motifs is 1. The van der Waals surface area contributed by atoms with E-state index in [1.54, 1.807) is 0 Å². The van der Waals surface area contributed by atoms with Gasteiger partial charge in [-0.2, -0.15) is 0 Å². The second-order valence-corrected chi connectivity index (χ2v) is 7.05. The minimum absolute atomic E-state index is 0.267. The second-order valence-electron chi connectivity index (χ2n) is 7.05. The number of benzene rings is 2. The van der Waals surface area contributed by atoms with Crippen molar-refractivity contribution in [3.8, 4) is 0 Å². The van der Waals surface area contributed by atoms with Crippen LogP contribution in [0.15, 0.2) is 63.8 Å². The molecule has 0 saturated heterocycles. The minimum atomic E-state index is -0.267. The third-order valence-corrected chi connectivity index (χ3v) is 4.98. The van der Waals surface area contributed by atoms with E-state index in [2.05, 4.69) is 54.0 Å². The molecule has 4 heteroatoms. The zero-order chi connectivity index (χ0) is 20.1. The quantitative estimate of drug-likeness (QED) is 0.546. The van der Waals surface area contributed by atoms with Gasteiger partial charge in [-0.3, -0.25) is 0 Å². The molecule has 28 heavy (non-hydrogen) atoms. The fourth-order valence-corrected chi connectivity index (χ4v) is 3.28. The Morgan fingerprint density at radius 1 is 0.929 bits per heavy atom. The van der Waals surface area contributed by atoms with Gasteiger partial charge in [-0.15, -0.1) is 0 Å². The van der Waals surface area contributed by atoms with Crippen LogP contribution < -0.4 is 15.4 Å². The molecule has 0 fully saturated rings. The van der Waals surface area contributed by atoms with E-state index in [-0.39, 0.29) is 5.63 Å². The highest BCUT2D eigenvalue weighted by molar-refractivity contribution is 5.81. The van der Waals surface area contributed by atoms with Gasteiger partial charge in [0.05, 0.1) is 0 Å². The topological polar surface area (TPSA) is 36.7 Å². The van der Waals surface area contributed by atoms with E-state index in [0.717, 1.165) is 35.4 Å². The average molecular weight is 377 g/mol. The van der Waals surface area contributed by atoms with Crippen LogP contribution in [0.2, 0.25) is 0 Å². The lowest BCUT2D eigenvalue weighted by Gasteiger charge is -2.20. The van der Waals surface area contributed by atoms with Gasteiger partial charge in [-0.1, -0.05) is 24.3 Å². The van der Waals surface area contributed by atoms with Gasteiger partial charge in [-0.05, 0) is 56.2 Å². The summed E-state index contributed by atoms with van der Waals surface area (Å²) in [6.07, 6.45) is 4.59. The van der Waals surface area contributed by atoms with Crippen molar-refractivity contribution < 1.29 is 4.42 Å². The van der Waals surface area contributed by atoms with Crippen LogP contribution in [-0.4, -0.2) is 27.2 Å². The molecule has 2 aromatic carbocycles. The Kier molecular flexibility index (Phi) is 6.19. The van der Waals surface area contributed by atoms with Gasteiger partial charge in [0.1, 0.15) is 5.58 Å². The molecule has 0 unspecified atom stereocenters. The monoisotopic (exact) mass is 376 g/mol. The number of anilines is 2. The van der Waals surface area contributed by atoms with Crippen LogP contribution in [0.4, 0.5) is 11.4 Å². The Morgan fingerprint density at radius 3 is 2.25 bits per heavy atom. The molecule has 3 rings (SSSR count). The molecular weight excluding hydrogens is 348 g/mol. The highest BCUT2D eigenvalue weighted by Crippen LogP contribution is 2.22. The maximum Gasteiger partial charge on any atom is 0.339 e. The van der Waals surface area contributed by atoms with Gasteiger partial charge in [0.15, 0.2) is 0 Å². The highest BCUT2D eigenvalue weighted by atomic mass is 16.4. The molecule has 0 saturated carbocycles. The molecule has 0 bridgehead atoms. The molecule has 0 radical (unpaired) electrons. The Balaban J connectivity index is 1.78. The SMILES string of the molecule is CCN(CC)c1ccc2cc(C/C=C/c3ccc(N(C)C)cc3)c(=O)oc2c1. The molecule has 1 heterocycles. The van der Waals surface area contributed by atoms with Crippen molar-refractivity contribution in [3.05, 3.63) is 76.2 Å². The smallest absolute Gasteiger partial charge is 0.339 e. The lowest BCUT2D eigenvalue weighted by atomic mass is 10.1. The van der Waals surface area contributed by atoms with Gasteiger partial charge in [0.2, 0.25) is 0 Å². The molecule has 0 amide bonds. The van der Waals surface area contributed by atoms with Crippen LogP contribution in [0.1, 0.15) is 25.0 Å². The molecule has 4 nitrogen and oxygen atoms in total. The van der Waals surface area contributed by atoms with Crippen molar-refractivity contribution in [2.24, 2.45) is 0 Å². The first kappa shape index (κ1) is 19.7. The summed E-state index contributed by atoms with van der Waals surface area (Å²) in [4.78, 5) is 16.7. The first-order valence-corrected chi connectivity index (χ1v) is 9.77. The van der Waals surface area contributed by atoms with E-state index in [9.17, 15) is 4.79 Å². The lowest BCUT2D eigenvalue weighted by molar-refractivity contribution is 0.553. The normalized spacial score (nSPS) is 11.3. The van der Waals surface area contributed by atoms with Crippen molar-refractivity contribution in [2.75, 3.05) is 37.0 Å². The molecule has 0 N–H and O–H groups in total. The summed E-state index contributed by atoms with van der Waals surface area (Å²) < 4.78 is 5.60. The van der Waals surface area contributed by atoms with E-state index in [1.165, 1.54) is 0 Å². The highest BCUT2D eigenvalue weighted by Gasteiger charge is 2.08. The van der Waals surface area contributed by atoms with Crippen LogP contribution in [0, 0.1) is 0 Å². The molecule has 0 atom stereocenters. The van der Waals surface area contributed by atoms with Gasteiger partial charge >= 0.3 is 5.63 Å². The Bertz CT molecular complexity index is 1010. The van der Waals surface area contributed by atoms with Crippen LogP contribution in [0.3, 0.4) is 0 Å². The fourth-order valence-electron chi connectivity index (χ4n) is 3.28. The molecule has 0 aliphatic heterocycles. The van der Waals surface area contributed by atoms with E-state index in [1.807, 2.05) is 44.4 Å². The van der Waals surface area contributed by atoms with E-state index in [4.69, 9.17) is 4.42 Å². The van der Waals surface area contributed by atoms with Gasteiger partial charge < -0.3 is 14.2 Å². The third-order valence-electron chi connectivity index (χ3n) is 4.98. The van der Waals surface area contributed by atoms with E-state index in [0.29, 0.717) is 17.6 Å². The molecule has 0 spiro atoms. The van der Waals surface area contributed by atoms with Gasteiger partial charge in [0.25, 0.3) is 0 Å². The number of hydrogen-bond donors (Lipinski definition) is 0. The molecule has 1 aromatic heterocycles. The lowest BCUT2D eigenvalue weighted by Crippen LogP contribution is -2.21. The van der Waals surface area contributed by atoms with Crippen molar-refractivity contribution in [1.82, 2.24) is 0 Å². The Labute approximate surface area is 166 Å². The predicted molar refractivity (Wildman–Crippen MR) is 120 cm³/mol. The number of hydrogen-bond acceptors (Lipinski definition) is 4. The molecule has 146 valence electrons. The number of rotatable bonds is 7. The average Bonchev–Trinajstić information content (AvgIpc) is 2.69. The zero-order valence-electron chi connectivity index (χ0n) is 17.1. The van der Waals surface area contributed by atoms with E-state index >= 15 is 0 Å². The fraction of sp³-hybridized carbons (Fsp3) is 0.292. The minimum Gasteiger partial charge on any atom is -0.422 e. The van der Waals surface area contributed by atoms with Gasteiger partial charge in [0, 0.05) is 55.6 Å². The Morgan fingerprint density at radius 2 is 1.61 bits per heavy atom. The van der Waals surface area contributed by atoms with Crippen LogP contribution in [0.5, 0.6) is 0 Å². The van der Waals surface area contributed by atoms with Crippen molar-refractivity contribution in [1.29, 1.82) is 0 Å². The predicted octanol–water partition coefficient (Wildman–Crippen LogP) is 4.96. The summed E-state index contributed by atoms with van der Waals surface area (Å²) in [7, 11) is 4.05. The Hall–Kier alpha value is -3.01. The molecular formula is C24H28N2O2. The van der Waals surface area contributed by atoms with Crippen LogP contribution >= 0.6 is 0 Å². The second kappa shape index (κ2) is 8.79. The molecule has 3 aromatic rings. The third kappa shape index (κ3) is 4.45. The number of nitrogens with zero attached hydrogens (tertiary/aromatic N) is 2. The van der Waals surface area contributed by atoms with Crippen molar-refractivity contribution in [2.45, 2.75) is 20.3 Å². The van der Waals surface area contributed by atoms with Crippen molar-refractivity contribution >= 4 is 28.4 Å². The van der Waals surface area contributed by atoms with Gasteiger partial charge in [-0.25, -0.2) is 4.79 Å². The summed E-state index contributed by atoms with van der Waals surface area (Å²) in [6, 6.07) is 16.3. The van der Waals surface area contributed by atoms with E-state index < -0.39 is 0 Å².